The zero-order chi connectivity index (χ0) is 20.1. The van der Waals surface area contributed by atoms with Crippen LogP contribution in [-0.2, 0) is 4.79 Å². The highest BCUT2D eigenvalue weighted by Crippen LogP contribution is 2.36. The molecule has 3 aromatic rings. The molecule has 0 atom stereocenters. The van der Waals surface area contributed by atoms with Gasteiger partial charge in [-0.1, -0.05) is 48.0 Å². The van der Waals surface area contributed by atoms with Crippen LogP contribution in [0.2, 0.25) is 0 Å². The summed E-state index contributed by atoms with van der Waals surface area (Å²) in [4.78, 5) is 13.2. The highest BCUT2D eigenvalue weighted by Gasteiger charge is 2.33. The van der Waals surface area contributed by atoms with Gasteiger partial charge in [0, 0.05) is 5.56 Å². The van der Waals surface area contributed by atoms with Gasteiger partial charge in [0.15, 0.2) is 0 Å². The summed E-state index contributed by atoms with van der Waals surface area (Å²) >= 11 is 0. The zero-order valence-electron chi connectivity index (χ0n) is 16.6. The molecule has 0 bridgehead atoms. The molecule has 0 saturated carbocycles. The maximum absolute atomic E-state index is 13.2. The first kappa shape index (κ1) is 17.4. The van der Waals surface area contributed by atoms with E-state index in [1.165, 1.54) is 5.01 Å². The number of ether oxygens (including phenoxy) is 1. The molecule has 5 rings (SSSR count). The van der Waals surface area contributed by atoms with Gasteiger partial charge in [0.1, 0.15) is 17.1 Å². The summed E-state index contributed by atoms with van der Waals surface area (Å²) in [5.74, 6) is 1.11. The number of hydrazone groups is 1. The Balaban J connectivity index is 1.56. The van der Waals surface area contributed by atoms with Gasteiger partial charge < -0.3 is 4.74 Å². The zero-order valence-corrected chi connectivity index (χ0v) is 16.6. The number of amides is 1. The monoisotopic (exact) mass is 380 g/mol. The quantitative estimate of drug-likeness (QED) is 0.520. The minimum Gasteiger partial charge on any atom is -0.456 e. The number of hydrogen-bond donors (Lipinski definition) is 0. The molecule has 2 aliphatic heterocycles. The Morgan fingerprint density at radius 2 is 1.76 bits per heavy atom. The summed E-state index contributed by atoms with van der Waals surface area (Å²) in [6.07, 6.45) is 3.89. The molecule has 0 N–H and O–H groups in total. The Labute approximate surface area is 169 Å². The molecule has 1 amide bonds. The fourth-order valence-electron chi connectivity index (χ4n) is 3.98. The molecule has 4 nitrogen and oxygen atoms in total. The molecular weight excluding hydrogens is 360 g/mol. The second-order valence-corrected chi connectivity index (χ2v) is 7.47. The predicted molar refractivity (Wildman–Crippen MR) is 117 cm³/mol. The molecule has 0 aromatic heterocycles. The standard InChI is InChI=1S/C25H20N2O2/c1-15-8-11-21(16(2)14-15)27-25(28)24(17(3)26-27)23-13-10-20-19-7-5-4-6-18(19)9-12-22(20)29-23/h4-14H,1-3H3. The lowest BCUT2D eigenvalue weighted by Crippen LogP contribution is -2.24. The normalized spacial score (nSPS) is 18.1. The van der Waals surface area contributed by atoms with Crippen LogP contribution in [0.5, 0.6) is 5.75 Å². The Morgan fingerprint density at radius 3 is 2.59 bits per heavy atom. The molecule has 2 aliphatic rings. The highest BCUT2D eigenvalue weighted by molar-refractivity contribution is 6.30. The molecule has 3 aromatic carbocycles. The van der Waals surface area contributed by atoms with Gasteiger partial charge in [0.25, 0.3) is 5.91 Å². The molecule has 0 unspecified atom stereocenters. The molecule has 2 heterocycles. The van der Waals surface area contributed by atoms with Gasteiger partial charge in [-0.25, -0.2) is 0 Å². The number of carbonyl (C=O) groups excluding carboxylic acids is 1. The van der Waals surface area contributed by atoms with E-state index in [4.69, 9.17) is 4.74 Å². The number of carbonyl (C=O) groups is 1. The van der Waals surface area contributed by atoms with Gasteiger partial charge in [-0.15, -0.1) is 0 Å². The van der Waals surface area contributed by atoms with Gasteiger partial charge in [0.2, 0.25) is 0 Å². The summed E-state index contributed by atoms with van der Waals surface area (Å²) in [7, 11) is 0. The first-order valence-electron chi connectivity index (χ1n) is 9.62. The summed E-state index contributed by atoms with van der Waals surface area (Å²) in [5.41, 5.74) is 5.14. The van der Waals surface area contributed by atoms with Crippen molar-refractivity contribution in [2.75, 3.05) is 5.01 Å². The lowest BCUT2D eigenvalue weighted by Gasteiger charge is -2.19. The van der Waals surface area contributed by atoms with Crippen LogP contribution in [0.25, 0.3) is 16.8 Å². The van der Waals surface area contributed by atoms with Gasteiger partial charge in [-0.05, 0) is 61.4 Å². The number of aryl methyl sites for hydroxylation is 2. The first-order valence-corrected chi connectivity index (χ1v) is 9.62. The van der Waals surface area contributed by atoms with E-state index < -0.39 is 0 Å². The molecule has 0 spiro atoms. The smallest absolute Gasteiger partial charge is 0.284 e. The highest BCUT2D eigenvalue weighted by atomic mass is 16.5. The van der Waals surface area contributed by atoms with Crippen LogP contribution in [0.1, 0.15) is 23.6 Å². The van der Waals surface area contributed by atoms with E-state index in [1.54, 1.807) is 0 Å². The average Bonchev–Trinajstić information content (AvgIpc) is 3.01. The largest absolute Gasteiger partial charge is 0.456 e. The Morgan fingerprint density at radius 1 is 0.931 bits per heavy atom. The van der Waals surface area contributed by atoms with E-state index in [0.29, 0.717) is 17.0 Å². The van der Waals surface area contributed by atoms with Crippen molar-refractivity contribution in [3.05, 3.63) is 88.7 Å². The van der Waals surface area contributed by atoms with Crippen LogP contribution in [0.3, 0.4) is 0 Å². The molecule has 29 heavy (non-hydrogen) atoms. The predicted octanol–water partition coefficient (Wildman–Crippen LogP) is 5.54. The third-order valence-electron chi connectivity index (χ3n) is 5.40. The number of allylic oxidation sites excluding steroid dienone is 1. The van der Waals surface area contributed by atoms with Crippen molar-refractivity contribution in [1.82, 2.24) is 0 Å². The number of fused-ring (bicyclic) bond motifs is 3. The third kappa shape index (κ3) is 2.76. The lowest BCUT2D eigenvalue weighted by molar-refractivity contribution is -0.114. The van der Waals surface area contributed by atoms with E-state index >= 15 is 0 Å². The summed E-state index contributed by atoms with van der Waals surface area (Å²) in [5, 5.41) is 8.28. The molecule has 0 fully saturated rings. The van der Waals surface area contributed by atoms with E-state index in [0.717, 1.165) is 38.9 Å². The molecule has 4 heteroatoms. The number of anilines is 1. The van der Waals surface area contributed by atoms with E-state index in [9.17, 15) is 4.79 Å². The van der Waals surface area contributed by atoms with Crippen LogP contribution < -0.4 is 9.75 Å². The van der Waals surface area contributed by atoms with Crippen molar-refractivity contribution in [3.63, 3.8) is 0 Å². The van der Waals surface area contributed by atoms with Crippen LogP contribution in [0.4, 0.5) is 5.69 Å². The number of hydrogen-bond acceptors (Lipinski definition) is 3. The van der Waals surface area contributed by atoms with E-state index in [-0.39, 0.29) is 5.91 Å². The maximum atomic E-state index is 13.2. The Bertz CT molecular complexity index is 1280. The topological polar surface area (TPSA) is 41.9 Å². The van der Waals surface area contributed by atoms with Crippen molar-refractivity contribution in [3.8, 4) is 5.75 Å². The summed E-state index contributed by atoms with van der Waals surface area (Å²) in [6.45, 7) is 5.87. The van der Waals surface area contributed by atoms with Crippen molar-refractivity contribution >= 4 is 34.2 Å². The third-order valence-corrected chi connectivity index (χ3v) is 5.40. The lowest BCUT2D eigenvalue weighted by atomic mass is 10.0. The minimum absolute atomic E-state index is 0.168. The molecular formula is C25H20N2O2. The Kier molecular flexibility index (Phi) is 3.88. The number of nitrogens with zero attached hydrogens (tertiary/aromatic N) is 2. The van der Waals surface area contributed by atoms with Crippen LogP contribution in [0, 0.1) is 13.8 Å². The van der Waals surface area contributed by atoms with Gasteiger partial charge in [-0.2, -0.15) is 10.1 Å². The van der Waals surface area contributed by atoms with Gasteiger partial charge in [-0.3, -0.25) is 4.79 Å². The van der Waals surface area contributed by atoms with Crippen molar-refractivity contribution in [2.45, 2.75) is 20.8 Å². The van der Waals surface area contributed by atoms with Crippen LogP contribution in [-0.4, -0.2) is 11.6 Å². The van der Waals surface area contributed by atoms with Crippen LogP contribution in [0.15, 0.2) is 77.1 Å². The van der Waals surface area contributed by atoms with Crippen LogP contribution >= 0.6 is 0 Å². The number of rotatable bonds is 1. The molecule has 0 radical (unpaired) electrons. The fraction of sp³-hybridized carbons (Fsp3) is 0.120. The molecule has 0 aliphatic carbocycles. The number of benzene rings is 3. The second kappa shape index (κ2) is 6.45. The maximum Gasteiger partial charge on any atom is 0.284 e. The second-order valence-electron chi connectivity index (χ2n) is 7.47. The summed E-state index contributed by atoms with van der Waals surface area (Å²) < 4.78 is 6.16. The van der Waals surface area contributed by atoms with Crippen molar-refractivity contribution in [1.29, 1.82) is 0 Å². The van der Waals surface area contributed by atoms with Gasteiger partial charge >= 0.3 is 0 Å². The average molecular weight is 380 g/mol. The van der Waals surface area contributed by atoms with E-state index in [1.807, 2.05) is 69.3 Å². The van der Waals surface area contributed by atoms with Crippen molar-refractivity contribution in [2.24, 2.45) is 5.10 Å². The van der Waals surface area contributed by atoms with Crippen molar-refractivity contribution < 1.29 is 9.53 Å². The first-order chi connectivity index (χ1) is 14.0. The minimum atomic E-state index is -0.168. The molecule has 142 valence electrons. The molecule has 0 saturated heterocycles. The van der Waals surface area contributed by atoms with Gasteiger partial charge in [0.05, 0.1) is 11.4 Å². The summed E-state index contributed by atoms with van der Waals surface area (Å²) in [6, 6.07) is 18.2. The SMILES string of the molecule is CC1=NN(c2ccc(C)cc2C)C(=O)C1=C1C=Cc2c(ccc3ccccc23)O1. The van der Waals surface area contributed by atoms with E-state index in [2.05, 4.69) is 23.3 Å². The Hall–Kier alpha value is -3.66. The fourth-order valence-corrected chi connectivity index (χ4v) is 3.98.